The average molecular weight is 449 g/mol. The highest BCUT2D eigenvalue weighted by molar-refractivity contribution is 7.92. The Morgan fingerprint density at radius 2 is 1.66 bits per heavy atom. The first-order valence-electron chi connectivity index (χ1n) is 8.77. The van der Waals surface area contributed by atoms with Crippen molar-refractivity contribution < 1.29 is 13.2 Å². The average Bonchev–Trinajstić information content (AvgIpc) is 2.70. The summed E-state index contributed by atoms with van der Waals surface area (Å²) < 4.78 is 27.6. The maximum Gasteiger partial charge on any atom is 0.261 e. The number of hydrogen-bond donors (Lipinski definition) is 2. The number of carbonyl (C=O) groups excluding carboxylic acids is 1. The minimum absolute atomic E-state index is 0.0553. The van der Waals surface area contributed by atoms with Gasteiger partial charge < -0.3 is 5.32 Å². The van der Waals surface area contributed by atoms with Crippen LogP contribution in [0.3, 0.4) is 0 Å². The maximum atomic E-state index is 12.7. The van der Waals surface area contributed by atoms with Crippen LogP contribution in [-0.2, 0) is 16.4 Å². The summed E-state index contributed by atoms with van der Waals surface area (Å²) in [6, 6.07) is 17.6. The van der Waals surface area contributed by atoms with Crippen molar-refractivity contribution in [3.8, 4) is 0 Å². The molecule has 0 radical (unpaired) electrons. The number of para-hydroxylation sites is 1. The molecule has 5 nitrogen and oxygen atoms in total. The zero-order valence-electron chi connectivity index (χ0n) is 15.4. The van der Waals surface area contributed by atoms with E-state index in [1.54, 1.807) is 6.07 Å². The predicted molar refractivity (Wildman–Crippen MR) is 117 cm³/mol. The molecule has 0 fully saturated rings. The lowest BCUT2D eigenvalue weighted by atomic mass is 10.1. The molecule has 150 valence electrons. The third-order valence-electron chi connectivity index (χ3n) is 4.23. The summed E-state index contributed by atoms with van der Waals surface area (Å²) in [4.78, 5) is 12.8. The van der Waals surface area contributed by atoms with E-state index in [0.29, 0.717) is 10.7 Å². The van der Waals surface area contributed by atoms with Crippen LogP contribution in [0, 0.1) is 0 Å². The van der Waals surface area contributed by atoms with Crippen LogP contribution in [-0.4, -0.2) is 14.3 Å². The number of carbonyl (C=O) groups is 1. The van der Waals surface area contributed by atoms with E-state index in [2.05, 4.69) is 10.0 Å². The third kappa shape index (κ3) is 5.09. The van der Waals surface area contributed by atoms with Crippen LogP contribution in [0.25, 0.3) is 0 Å². The van der Waals surface area contributed by atoms with Gasteiger partial charge in [-0.1, -0.05) is 48.3 Å². The Morgan fingerprint density at radius 1 is 0.966 bits per heavy atom. The minimum atomic E-state index is -3.84. The number of sulfonamides is 1. The van der Waals surface area contributed by atoms with Crippen molar-refractivity contribution in [1.82, 2.24) is 0 Å². The van der Waals surface area contributed by atoms with Gasteiger partial charge in [0.05, 0.1) is 15.5 Å². The van der Waals surface area contributed by atoms with Crippen molar-refractivity contribution >= 4 is 50.5 Å². The molecular weight excluding hydrogens is 431 g/mol. The van der Waals surface area contributed by atoms with Crippen LogP contribution in [0.15, 0.2) is 71.6 Å². The quantitative estimate of drug-likeness (QED) is 0.514. The molecule has 0 saturated carbocycles. The number of anilines is 2. The molecule has 0 unspecified atom stereocenters. The SMILES string of the molecule is CCc1ccccc1NC(=O)c1cc(NS(=O)(=O)c2ccc(Cl)cc2)ccc1Cl. The smallest absolute Gasteiger partial charge is 0.261 e. The monoisotopic (exact) mass is 448 g/mol. The Kier molecular flexibility index (Phi) is 6.47. The van der Waals surface area contributed by atoms with Crippen LogP contribution >= 0.6 is 23.2 Å². The Labute approximate surface area is 179 Å². The third-order valence-corrected chi connectivity index (χ3v) is 6.21. The van der Waals surface area contributed by atoms with E-state index in [0.717, 1.165) is 12.0 Å². The molecule has 0 aliphatic heterocycles. The summed E-state index contributed by atoms with van der Waals surface area (Å²) in [7, 11) is -3.84. The van der Waals surface area contributed by atoms with Crippen LogP contribution < -0.4 is 10.0 Å². The van der Waals surface area contributed by atoms with Gasteiger partial charge in [0.1, 0.15) is 0 Å². The van der Waals surface area contributed by atoms with E-state index >= 15 is 0 Å². The van der Waals surface area contributed by atoms with Crippen LogP contribution in [0.1, 0.15) is 22.8 Å². The van der Waals surface area contributed by atoms with Gasteiger partial charge in [0.15, 0.2) is 0 Å². The Balaban J connectivity index is 1.86. The number of aryl methyl sites for hydroxylation is 1. The van der Waals surface area contributed by atoms with E-state index in [4.69, 9.17) is 23.2 Å². The van der Waals surface area contributed by atoms with Crippen molar-refractivity contribution in [1.29, 1.82) is 0 Å². The molecule has 0 atom stereocenters. The van der Waals surface area contributed by atoms with E-state index in [1.807, 2.05) is 25.1 Å². The molecule has 3 aromatic carbocycles. The van der Waals surface area contributed by atoms with Gasteiger partial charge in [-0.2, -0.15) is 0 Å². The van der Waals surface area contributed by atoms with Crippen molar-refractivity contribution in [2.75, 3.05) is 10.0 Å². The fraction of sp³-hybridized carbons (Fsp3) is 0.0952. The molecule has 29 heavy (non-hydrogen) atoms. The number of halogens is 2. The van der Waals surface area contributed by atoms with Crippen LogP contribution in [0.4, 0.5) is 11.4 Å². The summed E-state index contributed by atoms with van der Waals surface area (Å²) in [6.45, 7) is 1.99. The summed E-state index contributed by atoms with van der Waals surface area (Å²) >= 11 is 12.0. The van der Waals surface area contributed by atoms with Gasteiger partial charge in [0, 0.05) is 16.4 Å². The summed E-state index contributed by atoms with van der Waals surface area (Å²) in [6.07, 6.45) is 0.755. The number of rotatable bonds is 6. The summed E-state index contributed by atoms with van der Waals surface area (Å²) in [5.41, 5.74) is 2.05. The fourth-order valence-electron chi connectivity index (χ4n) is 2.73. The maximum absolute atomic E-state index is 12.7. The first kappa shape index (κ1) is 21.2. The summed E-state index contributed by atoms with van der Waals surface area (Å²) in [5, 5.41) is 3.48. The number of hydrogen-bond acceptors (Lipinski definition) is 3. The molecule has 0 aliphatic rings. The first-order chi connectivity index (χ1) is 13.8. The highest BCUT2D eigenvalue weighted by atomic mass is 35.5. The van der Waals surface area contributed by atoms with Crippen molar-refractivity contribution in [2.24, 2.45) is 0 Å². The molecule has 0 aliphatic carbocycles. The van der Waals surface area contributed by atoms with Gasteiger partial charge in [0.2, 0.25) is 0 Å². The minimum Gasteiger partial charge on any atom is -0.322 e. The molecule has 1 amide bonds. The second-order valence-corrected chi connectivity index (χ2v) is 8.74. The molecule has 0 heterocycles. The predicted octanol–water partition coefficient (Wildman–Crippen LogP) is 5.61. The van der Waals surface area contributed by atoms with Crippen molar-refractivity contribution in [3.63, 3.8) is 0 Å². The second kappa shape index (κ2) is 8.86. The van der Waals surface area contributed by atoms with Gasteiger partial charge in [0.25, 0.3) is 15.9 Å². The molecule has 2 N–H and O–H groups in total. The fourth-order valence-corrected chi connectivity index (χ4v) is 4.11. The largest absolute Gasteiger partial charge is 0.322 e. The topological polar surface area (TPSA) is 75.3 Å². The van der Waals surface area contributed by atoms with Crippen molar-refractivity contribution in [2.45, 2.75) is 18.2 Å². The molecule has 3 rings (SSSR count). The van der Waals surface area contributed by atoms with Crippen LogP contribution in [0.5, 0.6) is 0 Å². The number of amides is 1. The zero-order chi connectivity index (χ0) is 21.0. The van der Waals surface area contributed by atoms with Gasteiger partial charge in [-0.25, -0.2) is 8.42 Å². The first-order valence-corrected chi connectivity index (χ1v) is 11.0. The van der Waals surface area contributed by atoms with Gasteiger partial charge in [-0.3, -0.25) is 9.52 Å². The molecule has 8 heteroatoms. The molecular formula is C21H18Cl2N2O3S. The lowest BCUT2D eigenvalue weighted by Gasteiger charge is -2.13. The zero-order valence-corrected chi connectivity index (χ0v) is 17.8. The molecule has 3 aromatic rings. The van der Waals surface area contributed by atoms with Gasteiger partial charge >= 0.3 is 0 Å². The number of benzene rings is 3. The van der Waals surface area contributed by atoms with E-state index in [-0.39, 0.29) is 21.2 Å². The number of nitrogens with one attached hydrogen (secondary N) is 2. The Bertz CT molecular complexity index is 1150. The summed E-state index contributed by atoms with van der Waals surface area (Å²) in [5.74, 6) is -0.427. The Hall–Kier alpha value is -2.54. The lowest BCUT2D eigenvalue weighted by Crippen LogP contribution is -2.16. The highest BCUT2D eigenvalue weighted by Crippen LogP contribution is 2.25. The molecule has 0 saturated heterocycles. The van der Waals surface area contributed by atoms with E-state index in [1.165, 1.54) is 42.5 Å². The highest BCUT2D eigenvalue weighted by Gasteiger charge is 2.17. The standard InChI is InChI=1S/C21H18Cl2N2O3S/c1-2-14-5-3-4-6-20(14)24-21(26)18-13-16(9-12-19(18)23)25-29(27,28)17-10-7-15(22)8-11-17/h3-13,25H,2H2,1H3,(H,24,26). The van der Waals surface area contributed by atoms with E-state index < -0.39 is 15.9 Å². The van der Waals surface area contributed by atoms with Crippen molar-refractivity contribution in [3.05, 3.63) is 87.9 Å². The van der Waals surface area contributed by atoms with Crippen LogP contribution in [0.2, 0.25) is 10.0 Å². The Morgan fingerprint density at radius 3 is 2.34 bits per heavy atom. The lowest BCUT2D eigenvalue weighted by molar-refractivity contribution is 0.102. The second-order valence-electron chi connectivity index (χ2n) is 6.22. The molecule has 0 spiro atoms. The normalized spacial score (nSPS) is 11.1. The molecule has 0 aromatic heterocycles. The molecule has 0 bridgehead atoms. The van der Waals surface area contributed by atoms with E-state index in [9.17, 15) is 13.2 Å². The van der Waals surface area contributed by atoms with Gasteiger partial charge in [-0.05, 0) is 60.5 Å². The van der Waals surface area contributed by atoms with Gasteiger partial charge in [-0.15, -0.1) is 0 Å².